The summed E-state index contributed by atoms with van der Waals surface area (Å²) < 4.78 is 20.0. The summed E-state index contributed by atoms with van der Waals surface area (Å²) in [5.74, 6) is 0.0676. The molecule has 0 radical (unpaired) electrons. The molecule has 0 aliphatic heterocycles. The van der Waals surface area contributed by atoms with Gasteiger partial charge in [0.05, 0.1) is 0 Å². The highest BCUT2D eigenvalue weighted by Gasteiger charge is 2.12. The number of rotatable bonds is 6. The lowest BCUT2D eigenvalue weighted by molar-refractivity contribution is 0.461. The summed E-state index contributed by atoms with van der Waals surface area (Å²) in [7, 11) is 0. The second-order valence-corrected chi connectivity index (χ2v) is 6.51. The van der Waals surface area contributed by atoms with Crippen molar-refractivity contribution in [2.75, 3.05) is 0 Å². The molecule has 0 saturated heterocycles. The molecule has 0 saturated carbocycles. The fourth-order valence-corrected chi connectivity index (χ4v) is 3.08. The van der Waals surface area contributed by atoms with Gasteiger partial charge in [0.15, 0.2) is 0 Å². The Morgan fingerprint density at radius 2 is 1.69 bits per heavy atom. The number of halogens is 1. The second-order valence-electron chi connectivity index (χ2n) is 6.51. The normalized spacial score (nSPS) is 11.5. The van der Waals surface area contributed by atoms with Crippen LogP contribution in [-0.4, -0.2) is 0 Å². The molecule has 3 heteroatoms. The molecule has 1 heterocycles. The number of hydrogen-bond donors (Lipinski definition) is 0. The number of fused-ring (bicyclic) bond motifs is 1. The molecule has 0 aliphatic rings. The van der Waals surface area contributed by atoms with Crippen molar-refractivity contribution in [3.63, 3.8) is 0 Å². The number of benzene rings is 2. The first-order valence-corrected chi connectivity index (χ1v) is 9.14. The van der Waals surface area contributed by atoms with Gasteiger partial charge in [-0.3, -0.25) is 0 Å². The maximum absolute atomic E-state index is 14.8. The van der Waals surface area contributed by atoms with Gasteiger partial charge in [-0.2, -0.15) is 0 Å². The van der Waals surface area contributed by atoms with Crippen LogP contribution in [0.1, 0.15) is 49.1 Å². The first-order valence-electron chi connectivity index (χ1n) is 9.14. The van der Waals surface area contributed by atoms with Gasteiger partial charge < -0.3 is 4.42 Å². The van der Waals surface area contributed by atoms with E-state index >= 15 is 0 Å². The van der Waals surface area contributed by atoms with Gasteiger partial charge in [-0.1, -0.05) is 68.8 Å². The molecule has 0 unspecified atom stereocenters. The van der Waals surface area contributed by atoms with E-state index in [0.717, 1.165) is 24.8 Å². The van der Waals surface area contributed by atoms with Gasteiger partial charge in [-0.15, -0.1) is 0 Å². The van der Waals surface area contributed by atoms with E-state index in [1.807, 2.05) is 25.1 Å². The van der Waals surface area contributed by atoms with Gasteiger partial charge in [0.2, 0.25) is 0 Å². The fraction of sp³-hybridized carbons (Fsp3) is 0.261. The molecule has 2 aromatic carbocycles. The molecule has 26 heavy (non-hydrogen) atoms. The van der Waals surface area contributed by atoms with Crippen molar-refractivity contribution < 1.29 is 8.81 Å². The third kappa shape index (κ3) is 3.93. The first-order chi connectivity index (χ1) is 12.6. The van der Waals surface area contributed by atoms with Crippen molar-refractivity contribution in [2.45, 2.75) is 39.5 Å². The summed E-state index contributed by atoms with van der Waals surface area (Å²) in [6.45, 7) is 4.16. The predicted octanol–water partition coefficient (Wildman–Crippen LogP) is 6.01. The lowest BCUT2D eigenvalue weighted by atomic mass is 10.0. The summed E-state index contributed by atoms with van der Waals surface area (Å²) >= 11 is 0. The second kappa shape index (κ2) is 8.13. The smallest absolute Gasteiger partial charge is 0.346 e. The van der Waals surface area contributed by atoms with Crippen LogP contribution in [0.15, 0.2) is 51.7 Å². The number of aryl methyl sites for hydroxylation is 2. The average Bonchev–Trinajstić information content (AvgIpc) is 2.62. The average molecular weight is 350 g/mol. The zero-order chi connectivity index (χ0) is 18.5. The maximum Gasteiger partial charge on any atom is 0.346 e. The van der Waals surface area contributed by atoms with Crippen LogP contribution in [0.2, 0.25) is 0 Å². The van der Waals surface area contributed by atoms with Crippen LogP contribution >= 0.6 is 0 Å². The summed E-state index contributed by atoms with van der Waals surface area (Å²) in [5.41, 5.74) is 2.06. The van der Waals surface area contributed by atoms with Gasteiger partial charge in [-0.25, -0.2) is 9.18 Å². The van der Waals surface area contributed by atoms with Crippen molar-refractivity contribution in [3.05, 3.63) is 81.2 Å². The molecule has 0 spiro atoms. The molecule has 0 fully saturated rings. The van der Waals surface area contributed by atoms with Crippen molar-refractivity contribution >= 4 is 22.9 Å². The summed E-state index contributed by atoms with van der Waals surface area (Å²) in [6.07, 6.45) is 7.26. The van der Waals surface area contributed by atoms with Crippen molar-refractivity contribution in [1.29, 1.82) is 0 Å². The molecule has 2 nitrogen and oxygen atoms in total. The minimum atomic E-state index is -0.609. The van der Waals surface area contributed by atoms with Gasteiger partial charge >= 0.3 is 5.63 Å². The van der Waals surface area contributed by atoms with E-state index in [2.05, 4.69) is 19.1 Å². The largest absolute Gasteiger partial charge is 0.427 e. The lowest BCUT2D eigenvalue weighted by Crippen LogP contribution is -2.05. The van der Waals surface area contributed by atoms with Crippen LogP contribution in [0, 0.1) is 5.82 Å². The predicted molar refractivity (Wildman–Crippen MR) is 106 cm³/mol. The molecule has 1 aromatic heterocycles. The highest BCUT2D eigenvalue weighted by molar-refractivity contribution is 5.86. The Morgan fingerprint density at radius 1 is 0.962 bits per heavy atom. The lowest BCUT2D eigenvalue weighted by Gasteiger charge is -2.04. The highest BCUT2D eigenvalue weighted by Crippen LogP contribution is 2.22. The Kier molecular flexibility index (Phi) is 5.67. The van der Waals surface area contributed by atoms with E-state index in [4.69, 9.17) is 4.42 Å². The van der Waals surface area contributed by atoms with E-state index in [-0.39, 0.29) is 5.39 Å². The minimum absolute atomic E-state index is 0.0188. The van der Waals surface area contributed by atoms with Crippen LogP contribution < -0.4 is 5.63 Å². The van der Waals surface area contributed by atoms with Gasteiger partial charge in [0.25, 0.3) is 0 Å². The van der Waals surface area contributed by atoms with Crippen LogP contribution in [0.3, 0.4) is 0 Å². The Balaban J connectivity index is 1.93. The van der Waals surface area contributed by atoms with E-state index < -0.39 is 11.4 Å². The SMILES string of the molecule is CCCc1ccc(/C=C/c2ccc3cc(CCC)oc(=O)c3c2F)cc1. The van der Waals surface area contributed by atoms with E-state index in [1.165, 1.54) is 5.56 Å². The molecule has 3 rings (SSSR count). The van der Waals surface area contributed by atoms with Gasteiger partial charge in [-0.05, 0) is 35.4 Å². The number of hydrogen-bond acceptors (Lipinski definition) is 2. The van der Waals surface area contributed by atoms with Crippen molar-refractivity contribution in [1.82, 2.24) is 0 Å². The Morgan fingerprint density at radius 3 is 2.38 bits per heavy atom. The zero-order valence-electron chi connectivity index (χ0n) is 15.2. The third-order valence-electron chi connectivity index (χ3n) is 4.42. The van der Waals surface area contributed by atoms with Crippen LogP contribution in [0.25, 0.3) is 22.9 Å². The zero-order valence-corrected chi connectivity index (χ0v) is 15.2. The molecule has 3 aromatic rings. The van der Waals surface area contributed by atoms with Crippen LogP contribution in [-0.2, 0) is 12.8 Å². The Hall–Kier alpha value is -2.68. The standard InChI is InChI=1S/C23H23FO2/c1-3-5-16-7-9-17(10-8-16)11-12-18-13-14-19-15-20(6-4-2)26-23(25)21(19)22(18)24/h7-15H,3-6H2,1-2H3/b12-11+. The van der Waals surface area contributed by atoms with E-state index in [0.29, 0.717) is 23.1 Å². The van der Waals surface area contributed by atoms with Crippen molar-refractivity contribution in [2.24, 2.45) is 0 Å². The molecule has 0 aliphatic carbocycles. The van der Waals surface area contributed by atoms with Gasteiger partial charge in [0.1, 0.15) is 17.0 Å². The quantitative estimate of drug-likeness (QED) is 0.510. The van der Waals surface area contributed by atoms with Crippen molar-refractivity contribution in [3.8, 4) is 0 Å². The monoisotopic (exact) mass is 350 g/mol. The van der Waals surface area contributed by atoms with Gasteiger partial charge in [0, 0.05) is 12.0 Å². The van der Waals surface area contributed by atoms with Crippen LogP contribution in [0.4, 0.5) is 4.39 Å². The summed E-state index contributed by atoms with van der Waals surface area (Å²) in [5, 5.41) is 0.605. The summed E-state index contributed by atoms with van der Waals surface area (Å²) in [4.78, 5) is 12.2. The molecule has 0 bridgehead atoms. The van der Waals surface area contributed by atoms with Crippen LogP contribution in [0.5, 0.6) is 0 Å². The first kappa shape index (κ1) is 18.1. The minimum Gasteiger partial charge on any atom is -0.427 e. The molecular formula is C23H23FO2. The maximum atomic E-state index is 14.8. The fourth-order valence-electron chi connectivity index (χ4n) is 3.08. The highest BCUT2D eigenvalue weighted by atomic mass is 19.1. The molecule has 0 amide bonds. The molecule has 0 atom stereocenters. The Labute approximate surface area is 153 Å². The van der Waals surface area contributed by atoms with E-state index in [9.17, 15) is 9.18 Å². The van der Waals surface area contributed by atoms with E-state index in [1.54, 1.807) is 24.3 Å². The Bertz CT molecular complexity index is 982. The third-order valence-corrected chi connectivity index (χ3v) is 4.42. The molecular weight excluding hydrogens is 327 g/mol. The molecule has 0 N–H and O–H groups in total. The molecule has 134 valence electrons. The summed E-state index contributed by atoms with van der Waals surface area (Å²) in [6, 6.07) is 13.4. The topological polar surface area (TPSA) is 30.2 Å².